The van der Waals surface area contributed by atoms with Crippen molar-refractivity contribution in [1.29, 1.82) is 0 Å². The van der Waals surface area contributed by atoms with Gasteiger partial charge in [-0.1, -0.05) is 75.8 Å². The average Bonchev–Trinajstić information content (AvgIpc) is 2.41. The molecule has 0 saturated carbocycles. The number of hydrogen-bond acceptors (Lipinski definition) is 1. The Balaban J connectivity index is 2.81. The second-order valence-corrected chi connectivity index (χ2v) is 6.18. The highest BCUT2D eigenvalue weighted by Crippen LogP contribution is 2.28. The highest BCUT2D eigenvalue weighted by atomic mass is 14.9. The van der Waals surface area contributed by atoms with Gasteiger partial charge in [-0.2, -0.15) is 0 Å². The van der Waals surface area contributed by atoms with Gasteiger partial charge in [0.15, 0.2) is 0 Å². The van der Waals surface area contributed by atoms with Crippen molar-refractivity contribution in [2.24, 2.45) is 5.92 Å². The first-order chi connectivity index (χ1) is 9.60. The Morgan fingerprint density at radius 2 is 1.65 bits per heavy atom. The summed E-state index contributed by atoms with van der Waals surface area (Å²) in [6.07, 6.45) is 6.62. The molecule has 0 aliphatic heterocycles. The third kappa shape index (κ3) is 5.66. The maximum absolute atomic E-state index is 3.69. The monoisotopic (exact) mass is 275 g/mol. The van der Waals surface area contributed by atoms with E-state index in [1.54, 1.807) is 0 Å². The minimum Gasteiger partial charge on any atom is -0.310 e. The van der Waals surface area contributed by atoms with Crippen molar-refractivity contribution in [2.75, 3.05) is 6.54 Å². The summed E-state index contributed by atoms with van der Waals surface area (Å²) in [5.74, 6) is 0.847. The van der Waals surface area contributed by atoms with Crippen LogP contribution >= 0.6 is 0 Å². The van der Waals surface area contributed by atoms with Crippen LogP contribution < -0.4 is 5.32 Å². The van der Waals surface area contributed by atoms with Gasteiger partial charge in [0.1, 0.15) is 0 Å². The van der Waals surface area contributed by atoms with Crippen LogP contribution in [0.5, 0.6) is 0 Å². The average molecular weight is 275 g/mol. The molecule has 1 nitrogen and oxygen atoms in total. The second kappa shape index (κ2) is 9.18. The third-order valence-electron chi connectivity index (χ3n) is 4.21. The lowest BCUT2D eigenvalue weighted by molar-refractivity contribution is 0.357. The predicted octanol–water partition coefficient (Wildman–Crippen LogP) is 5.56. The molecule has 20 heavy (non-hydrogen) atoms. The molecular weight excluding hydrogens is 242 g/mol. The minimum absolute atomic E-state index is 0.514. The quantitative estimate of drug-likeness (QED) is 0.622. The fraction of sp³-hybridized carbons (Fsp3) is 0.684. The highest BCUT2D eigenvalue weighted by molar-refractivity contribution is 5.30. The van der Waals surface area contributed by atoms with Gasteiger partial charge in [0, 0.05) is 6.04 Å². The van der Waals surface area contributed by atoms with E-state index in [1.165, 1.54) is 48.8 Å². The molecule has 1 rings (SSSR count). The zero-order chi connectivity index (χ0) is 15.0. The number of unbranched alkanes of at least 4 members (excludes halogenated alkanes) is 1. The summed E-state index contributed by atoms with van der Waals surface area (Å²) < 4.78 is 0. The molecule has 0 fully saturated rings. The molecule has 1 aromatic rings. The molecule has 0 heterocycles. The molecule has 2 unspecified atom stereocenters. The molecule has 1 aromatic carbocycles. The van der Waals surface area contributed by atoms with Gasteiger partial charge in [0.2, 0.25) is 0 Å². The van der Waals surface area contributed by atoms with Gasteiger partial charge in [-0.15, -0.1) is 0 Å². The Morgan fingerprint density at radius 3 is 2.15 bits per heavy atom. The van der Waals surface area contributed by atoms with E-state index in [4.69, 9.17) is 0 Å². The summed E-state index contributed by atoms with van der Waals surface area (Å²) in [5.41, 5.74) is 4.23. The molecule has 1 N–H and O–H groups in total. The Morgan fingerprint density at radius 1 is 1.00 bits per heavy atom. The van der Waals surface area contributed by atoms with E-state index in [0.29, 0.717) is 6.04 Å². The molecule has 0 bridgehead atoms. The van der Waals surface area contributed by atoms with Crippen LogP contribution in [0, 0.1) is 19.8 Å². The number of nitrogens with one attached hydrogen (secondary N) is 1. The van der Waals surface area contributed by atoms with Crippen LogP contribution in [0.4, 0.5) is 0 Å². The van der Waals surface area contributed by atoms with Gasteiger partial charge in [-0.05, 0) is 38.3 Å². The number of hydrogen-bond donors (Lipinski definition) is 1. The van der Waals surface area contributed by atoms with Crippen molar-refractivity contribution < 1.29 is 0 Å². The Hall–Kier alpha value is -0.820. The molecule has 0 aliphatic carbocycles. The van der Waals surface area contributed by atoms with Crippen molar-refractivity contribution in [2.45, 2.75) is 72.8 Å². The fourth-order valence-electron chi connectivity index (χ4n) is 3.11. The summed E-state index contributed by atoms with van der Waals surface area (Å²) >= 11 is 0. The number of aryl methyl sites for hydroxylation is 2. The number of benzene rings is 1. The van der Waals surface area contributed by atoms with Crippen LogP contribution in [0.15, 0.2) is 18.2 Å². The molecule has 2 atom stereocenters. The number of rotatable bonds is 9. The molecular formula is C19H33N. The van der Waals surface area contributed by atoms with Gasteiger partial charge in [0.25, 0.3) is 0 Å². The minimum atomic E-state index is 0.514. The zero-order valence-electron chi connectivity index (χ0n) is 14.1. The van der Waals surface area contributed by atoms with Gasteiger partial charge in [0.05, 0.1) is 0 Å². The smallest absolute Gasteiger partial charge is 0.0322 e. The molecule has 0 radical (unpaired) electrons. The van der Waals surface area contributed by atoms with Crippen LogP contribution in [0.1, 0.15) is 75.6 Å². The van der Waals surface area contributed by atoms with E-state index in [1.807, 2.05) is 0 Å². The van der Waals surface area contributed by atoms with E-state index < -0.39 is 0 Å². The largest absolute Gasteiger partial charge is 0.310 e. The van der Waals surface area contributed by atoms with Crippen molar-refractivity contribution in [3.63, 3.8) is 0 Å². The summed E-state index contributed by atoms with van der Waals surface area (Å²) in [7, 11) is 0. The highest BCUT2D eigenvalue weighted by Gasteiger charge is 2.16. The summed E-state index contributed by atoms with van der Waals surface area (Å²) in [6, 6.07) is 7.49. The lowest BCUT2D eigenvalue weighted by Gasteiger charge is -2.24. The lowest BCUT2D eigenvalue weighted by atomic mass is 9.88. The van der Waals surface area contributed by atoms with Crippen LogP contribution in [0.2, 0.25) is 0 Å². The molecule has 0 aromatic heterocycles. The van der Waals surface area contributed by atoms with Crippen LogP contribution in [-0.2, 0) is 0 Å². The van der Waals surface area contributed by atoms with E-state index in [2.05, 4.69) is 58.1 Å². The maximum Gasteiger partial charge on any atom is 0.0322 e. The van der Waals surface area contributed by atoms with Gasteiger partial charge < -0.3 is 5.32 Å². The van der Waals surface area contributed by atoms with Crippen molar-refractivity contribution in [3.05, 3.63) is 34.9 Å². The van der Waals surface area contributed by atoms with Gasteiger partial charge in [-0.25, -0.2) is 0 Å². The van der Waals surface area contributed by atoms with E-state index >= 15 is 0 Å². The molecule has 0 amide bonds. The normalized spacial score (nSPS) is 14.2. The lowest BCUT2D eigenvalue weighted by Crippen LogP contribution is -2.23. The van der Waals surface area contributed by atoms with E-state index in [-0.39, 0.29) is 0 Å². The summed E-state index contributed by atoms with van der Waals surface area (Å²) in [6.45, 7) is 12.3. The zero-order valence-corrected chi connectivity index (χ0v) is 14.1. The topological polar surface area (TPSA) is 12.0 Å². The first-order valence-corrected chi connectivity index (χ1v) is 8.42. The first kappa shape index (κ1) is 17.2. The van der Waals surface area contributed by atoms with Crippen LogP contribution in [0.25, 0.3) is 0 Å². The SMILES string of the molecule is CCCCC(CC)CC(NCC)c1cc(C)cc(C)c1. The predicted molar refractivity (Wildman–Crippen MR) is 90.3 cm³/mol. The van der Waals surface area contributed by atoms with Crippen LogP contribution in [0.3, 0.4) is 0 Å². The second-order valence-electron chi connectivity index (χ2n) is 6.18. The third-order valence-corrected chi connectivity index (χ3v) is 4.21. The Bertz CT molecular complexity index is 363. The van der Waals surface area contributed by atoms with Crippen molar-refractivity contribution in [1.82, 2.24) is 5.32 Å². The maximum atomic E-state index is 3.69. The Labute approximate surface area is 126 Å². The molecule has 114 valence electrons. The van der Waals surface area contributed by atoms with Crippen molar-refractivity contribution in [3.8, 4) is 0 Å². The van der Waals surface area contributed by atoms with Crippen LogP contribution in [-0.4, -0.2) is 6.54 Å². The first-order valence-electron chi connectivity index (χ1n) is 8.42. The summed E-state index contributed by atoms with van der Waals surface area (Å²) in [4.78, 5) is 0. The van der Waals surface area contributed by atoms with Crippen molar-refractivity contribution >= 4 is 0 Å². The molecule has 1 heteroatoms. The van der Waals surface area contributed by atoms with E-state index in [9.17, 15) is 0 Å². The van der Waals surface area contributed by atoms with Gasteiger partial charge >= 0.3 is 0 Å². The van der Waals surface area contributed by atoms with E-state index in [0.717, 1.165) is 12.5 Å². The molecule has 0 saturated heterocycles. The Kier molecular flexibility index (Phi) is 7.91. The standard InChI is InChI=1S/C19H33N/c1-6-9-10-17(7-2)14-19(20-8-3)18-12-15(4)11-16(5)13-18/h11-13,17,19-20H,6-10,14H2,1-5H3. The fourth-order valence-corrected chi connectivity index (χ4v) is 3.11. The molecule has 0 aliphatic rings. The van der Waals surface area contributed by atoms with Gasteiger partial charge in [-0.3, -0.25) is 0 Å². The molecule has 0 spiro atoms. The summed E-state index contributed by atoms with van der Waals surface area (Å²) in [5, 5.41) is 3.69.